The molecule has 17 heavy (non-hydrogen) atoms. The Morgan fingerprint density at radius 3 is 2.71 bits per heavy atom. The standard InChI is InChI=1S/C9H13N3O5/c10-5-1-2-12(9(16)11-5)8-7(15)6(14)4(3-13)17-8/h1-2,4,6-8,13-15H,3H2,(H2,10,11,16)/t4-,6-,7+,8-/m0/s1/i1+1,2+1,5+1. The lowest BCUT2D eigenvalue weighted by Gasteiger charge is -2.16. The highest BCUT2D eigenvalue weighted by molar-refractivity contribution is 5.23. The fourth-order valence-corrected chi connectivity index (χ4v) is 1.73. The van der Waals surface area contributed by atoms with Crippen LogP contribution in [0.25, 0.3) is 0 Å². The summed E-state index contributed by atoms with van der Waals surface area (Å²) in [5, 5.41) is 28.2. The van der Waals surface area contributed by atoms with E-state index in [0.717, 1.165) is 4.57 Å². The van der Waals surface area contributed by atoms with Crippen molar-refractivity contribution in [3.63, 3.8) is 0 Å². The zero-order valence-electron chi connectivity index (χ0n) is 8.80. The first kappa shape index (κ1) is 12.0. The summed E-state index contributed by atoms with van der Waals surface area (Å²) in [7, 11) is 0. The average Bonchev–Trinajstić information content (AvgIpc) is 2.57. The molecule has 1 aliphatic heterocycles. The molecule has 0 aliphatic carbocycles. The number of aromatic nitrogens is 2. The van der Waals surface area contributed by atoms with Crippen LogP contribution in [0.15, 0.2) is 17.1 Å². The minimum Gasteiger partial charge on any atom is -0.394 e. The van der Waals surface area contributed by atoms with Gasteiger partial charge in [-0.3, -0.25) is 4.57 Å². The molecule has 94 valence electrons. The van der Waals surface area contributed by atoms with Crippen molar-refractivity contribution in [3.05, 3.63) is 22.7 Å². The highest BCUT2D eigenvalue weighted by Crippen LogP contribution is 2.27. The van der Waals surface area contributed by atoms with E-state index < -0.39 is 36.8 Å². The topological polar surface area (TPSA) is 131 Å². The lowest BCUT2D eigenvalue weighted by molar-refractivity contribution is -0.0549. The Kier molecular flexibility index (Phi) is 3.11. The van der Waals surface area contributed by atoms with Gasteiger partial charge >= 0.3 is 5.69 Å². The van der Waals surface area contributed by atoms with E-state index in [1.54, 1.807) is 0 Å². The van der Waals surface area contributed by atoms with Crippen molar-refractivity contribution in [3.8, 4) is 0 Å². The van der Waals surface area contributed by atoms with Gasteiger partial charge in [0.1, 0.15) is 24.1 Å². The van der Waals surface area contributed by atoms with Gasteiger partial charge in [-0.15, -0.1) is 0 Å². The minimum atomic E-state index is -1.31. The maximum absolute atomic E-state index is 11.5. The smallest absolute Gasteiger partial charge is 0.351 e. The largest absolute Gasteiger partial charge is 0.394 e. The van der Waals surface area contributed by atoms with Gasteiger partial charge in [-0.1, -0.05) is 0 Å². The van der Waals surface area contributed by atoms with Crippen LogP contribution in [0.2, 0.25) is 0 Å². The Morgan fingerprint density at radius 1 is 1.47 bits per heavy atom. The van der Waals surface area contributed by atoms with E-state index in [4.69, 9.17) is 15.6 Å². The van der Waals surface area contributed by atoms with Crippen LogP contribution >= 0.6 is 0 Å². The van der Waals surface area contributed by atoms with Crippen LogP contribution in [0, 0.1) is 0 Å². The summed E-state index contributed by atoms with van der Waals surface area (Å²) in [6.07, 6.45) is -3.27. The third-order valence-electron chi connectivity index (χ3n) is 2.64. The molecular formula is C9H13N3O5. The van der Waals surface area contributed by atoms with Crippen LogP contribution in [0.4, 0.5) is 5.82 Å². The number of nitrogens with two attached hydrogens (primary N) is 1. The van der Waals surface area contributed by atoms with Gasteiger partial charge in [0.15, 0.2) is 6.23 Å². The van der Waals surface area contributed by atoms with E-state index in [9.17, 15) is 15.0 Å². The molecule has 2 heterocycles. The molecular weight excluding hydrogens is 233 g/mol. The molecule has 0 unspecified atom stereocenters. The summed E-state index contributed by atoms with van der Waals surface area (Å²) in [5.41, 5.74) is 4.63. The first-order valence-electron chi connectivity index (χ1n) is 5.01. The third-order valence-corrected chi connectivity index (χ3v) is 2.64. The van der Waals surface area contributed by atoms with Gasteiger partial charge in [-0.2, -0.15) is 4.98 Å². The highest BCUT2D eigenvalue weighted by Gasteiger charge is 2.43. The summed E-state index contributed by atoms with van der Waals surface area (Å²) < 4.78 is 6.19. The van der Waals surface area contributed by atoms with Gasteiger partial charge in [0, 0.05) is 6.20 Å². The third kappa shape index (κ3) is 2.03. The number of rotatable bonds is 2. The van der Waals surface area contributed by atoms with Crippen molar-refractivity contribution in [2.45, 2.75) is 24.5 Å². The molecule has 2 rings (SSSR count). The SMILES string of the molecule is N[13c]1[13cH][13cH]n([C@H]2O[C@@H](CO)[C@H](O)[C@H]2O)c(=O)n1. The molecule has 0 aromatic carbocycles. The van der Waals surface area contributed by atoms with Gasteiger partial charge in [0.25, 0.3) is 0 Å². The quantitative estimate of drug-likeness (QED) is 0.451. The van der Waals surface area contributed by atoms with Crippen molar-refractivity contribution in [2.24, 2.45) is 0 Å². The number of nitrogen functional groups attached to an aromatic ring is 1. The molecule has 5 N–H and O–H groups in total. The summed E-state index contributed by atoms with van der Waals surface area (Å²) in [6, 6.07) is 1.37. The molecule has 0 saturated carbocycles. The van der Waals surface area contributed by atoms with Crippen LogP contribution in [0.3, 0.4) is 0 Å². The zero-order valence-corrected chi connectivity index (χ0v) is 8.80. The van der Waals surface area contributed by atoms with Crippen molar-refractivity contribution in [1.82, 2.24) is 9.55 Å². The van der Waals surface area contributed by atoms with E-state index in [2.05, 4.69) is 4.98 Å². The Bertz CT molecular complexity index is 462. The minimum absolute atomic E-state index is 0.0537. The fourth-order valence-electron chi connectivity index (χ4n) is 1.73. The molecule has 0 spiro atoms. The van der Waals surface area contributed by atoms with Gasteiger partial charge < -0.3 is 25.8 Å². The number of hydrogen-bond donors (Lipinski definition) is 4. The van der Waals surface area contributed by atoms with Crippen LogP contribution in [-0.4, -0.2) is 49.8 Å². The van der Waals surface area contributed by atoms with Crippen LogP contribution in [0.5, 0.6) is 0 Å². The van der Waals surface area contributed by atoms with Crippen LogP contribution in [0.1, 0.15) is 6.23 Å². The Hall–Kier alpha value is -1.48. The molecule has 1 aromatic rings. The molecule has 1 fully saturated rings. The number of anilines is 1. The van der Waals surface area contributed by atoms with Crippen molar-refractivity contribution < 1.29 is 20.1 Å². The molecule has 1 aliphatic rings. The van der Waals surface area contributed by atoms with Crippen LogP contribution < -0.4 is 11.4 Å². The number of aliphatic hydroxyl groups is 3. The number of nitrogens with zero attached hydrogens (tertiary/aromatic N) is 2. The molecule has 8 heteroatoms. The van der Waals surface area contributed by atoms with Gasteiger partial charge in [-0.05, 0) is 6.07 Å². The summed E-state index contributed by atoms with van der Waals surface area (Å²) >= 11 is 0. The predicted molar refractivity (Wildman–Crippen MR) is 55.9 cm³/mol. The van der Waals surface area contributed by atoms with Crippen molar-refractivity contribution in [2.75, 3.05) is 12.3 Å². The molecule has 1 saturated heterocycles. The second-order valence-electron chi connectivity index (χ2n) is 3.77. The number of ether oxygens (including phenoxy) is 1. The molecule has 4 atom stereocenters. The fraction of sp³-hybridized carbons (Fsp3) is 0.556. The summed E-state index contributed by atoms with van der Waals surface area (Å²) in [5.74, 6) is 0.0537. The first-order valence-corrected chi connectivity index (χ1v) is 5.01. The van der Waals surface area contributed by atoms with Crippen LogP contribution in [-0.2, 0) is 4.74 Å². The lowest BCUT2D eigenvalue weighted by Crippen LogP contribution is -2.36. The van der Waals surface area contributed by atoms with E-state index in [-0.39, 0.29) is 5.82 Å². The van der Waals surface area contributed by atoms with E-state index in [1.807, 2.05) is 0 Å². The predicted octanol–water partition coefficient (Wildman–Crippen LogP) is -2.56. The monoisotopic (exact) mass is 246 g/mol. The number of hydrogen-bond acceptors (Lipinski definition) is 7. The van der Waals surface area contributed by atoms with E-state index in [1.165, 1.54) is 12.3 Å². The maximum Gasteiger partial charge on any atom is 0.351 e. The summed E-state index contributed by atoms with van der Waals surface area (Å²) in [6.45, 7) is -0.453. The van der Waals surface area contributed by atoms with E-state index >= 15 is 0 Å². The summed E-state index contributed by atoms with van der Waals surface area (Å²) in [4.78, 5) is 15.0. The Balaban J connectivity index is 2.32. The van der Waals surface area contributed by atoms with Gasteiger partial charge in [0.2, 0.25) is 0 Å². The van der Waals surface area contributed by atoms with Crippen molar-refractivity contribution >= 4 is 5.82 Å². The number of aliphatic hydroxyl groups excluding tert-OH is 3. The zero-order chi connectivity index (χ0) is 12.6. The van der Waals surface area contributed by atoms with Crippen molar-refractivity contribution in [1.29, 1.82) is 0 Å². The lowest BCUT2D eigenvalue weighted by atomic mass is 10.1. The normalized spacial score (nSPS) is 32.9. The Labute approximate surface area is 95.9 Å². The molecule has 0 amide bonds. The Morgan fingerprint density at radius 2 is 2.18 bits per heavy atom. The molecule has 0 radical (unpaired) electrons. The highest BCUT2D eigenvalue weighted by atomic mass is 16.6. The molecule has 8 nitrogen and oxygen atoms in total. The van der Waals surface area contributed by atoms with Gasteiger partial charge in [0.05, 0.1) is 6.61 Å². The second-order valence-corrected chi connectivity index (χ2v) is 3.77. The van der Waals surface area contributed by atoms with E-state index in [0.29, 0.717) is 0 Å². The maximum atomic E-state index is 11.5. The second kappa shape index (κ2) is 4.41. The van der Waals surface area contributed by atoms with Gasteiger partial charge in [-0.25, -0.2) is 4.79 Å². The molecule has 0 bridgehead atoms. The average molecular weight is 246 g/mol. The first-order chi connectivity index (χ1) is 8.04. The molecule has 1 aromatic heterocycles.